The van der Waals surface area contributed by atoms with Crippen molar-refractivity contribution in [2.75, 3.05) is 7.05 Å². The van der Waals surface area contributed by atoms with Crippen LogP contribution in [0.25, 0.3) is 5.69 Å². The van der Waals surface area contributed by atoms with E-state index in [-0.39, 0.29) is 6.54 Å². The van der Waals surface area contributed by atoms with Crippen molar-refractivity contribution < 1.29 is 23.1 Å². The second-order valence-electron chi connectivity index (χ2n) is 5.20. The molecule has 2 rings (SSSR count). The molecule has 0 fully saturated rings. The Balaban J connectivity index is 2.11. The van der Waals surface area contributed by atoms with Gasteiger partial charge in [-0.2, -0.15) is 18.3 Å². The average molecular weight is 327 g/mol. The van der Waals surface area contributed by atoms with Crippen LogP contribution in [-0.2, 0) is 11.3 Å². The van der Waals surface area contributed by atoms with Crippen LogP contribution in [0.15, 0.2) is 42.7 Å². The van der Waals surface area contributed by atoms with Crippen LogP contribution in [0.4, 0.5) is 13.2 Å². The maximum absolute atomic E-state index is 13.0. The number of halogens is 3. The number of rotatable bonds is 6. The van der Waals surface area contributed by atoms with Crippen LogP contribution in [0.2, 0.25) is 0 Å². The van der Waals surface area contributed by atoms with Gasteiger partial charge in [0.05, 0.1) is 18.3 Å². The molecular formula is C15H16F3N3O2. The van der Waals surface area contributed by atoms with Crippen LogP contribution in [-0.4, -0.2) is 45.0 Å². The number of para-hydroxylation sites is 1. The summed E-state index contributed by atoms with van der Waals surface area (Å²) in [6, 6.07) is 7.11. The van der Waals surface area contributed by atoms with E-state index in [1.165, 1.54) is 13.2 Å². The van der Waals surface area contributed by atoms with Gasteiger partial charge in [-0.15, -0.1) is 0 Å². The number of alkyl halides is 3. The smallest absolute Gasteiger partial charge is 0.404 e. The van der Waals surface area contributed by atoms with E-state index in [2.05, 4.69) is 5.10 Å². The Kier molecular flexibility index (Phi) is 5.05. The van der Waals surface area contributed by atoms with Crippen LogP contribution >= 0.6 is 0 Å². The first-order valence-electron chi connectivity index (χ1n) is 6.85. The van der Waals surface area contributed by atoms with Gasteiger partial charge in [0.25, 0.3) is 0 Å². The zero-order valence-corrected chi connectivity index (χ0v) is 12.4. The second kappa shape index (κ2) is 6.82. The number of hydrogen-bond donors (Lipinski definition) is 1. The lowest BCUT2D eigenvalue weighted by Gasteiger charge is -2.28. The highest BCUT2D eigenvalue weighted by atomic mass is 19.4. The van der Waals surface area contributed by atoms with E-state index in [4.69, 9.17) is 5.11 Å². The molecule has 124 valence electrons. The third-order valence-corrected chi connectivity index (χ3v) is 3.37. The van der Waals surface area contributed by atoms with E-state index in [1.807, 2.05) is 30.3 Å². The van der Waals surface area contributed by atoms with Crippen LogP contribution in [0, 0.1) is 0 Å². The molecule has 1 aromatic heterocycles. The Morgan fingerprint density at radius 1 is 1.35 bits per heavy atom. The van der Waals surface area contributed by atoms with Crippen molar-refractivity contribution in [3.63, 3.8) is 0 Å². The standard InChI is InChI=1S/C15H16F3N3O2/c1-20(13(7-14(22)23)15(16,17)18)9-11-8-19-21(10-11)12-5-3-2-4-6-12/h2-6,8,10,13H,7,9H2,1H3,(H,22,23). The van der Waals surface area contributed by atoms with Crippen molar-refractivity contribution in [3.8, 4) is 5.69 Å². The summed E-state index contributed by atoms with van der Waals surface area (Å²) in [6.45, 7) is -0.0513. The number of aromatic nitrogens is 2. The average Bonchev–Trinajstić information content (AvgIpc) is 2.93. The molecule has 0 bridgehead atoms. The zero-order chi connectivity index (χ0) is 17.0. The quantitative estimate of drug-likeness (QED) is 0.886. The first kappa shape index (κ1) is 17.0. The fraction of sp³-hybridized carbons (Fsp3) is 0.333. The molecule has 0 amide bonds. The molecule has 0 spiro atoms. The van der Waals surface area contributed by atoms with Crippen molar-refractivity contribution in [2.45, 2.75) is 25.2 Å². The molecule has 0 saturated heterocycles. The van der Waals surface area contributed by atoms with Crippen molar-refractivity contribution in [3.05, 3.63) is 48.3 Å². The number of carboxylic acid groups (broad SMARTS) is 1. The van der Waals surface area contributed by atoms with E-state index in [0.717, 1.165) is 10.6 Å². The van der Waals surface area contributed by atoms with Gasteiger partial charge < -0.3 is 5.11 Å². The minimum absolute atomic E-state index is 0.0513. The Bertz CT molecular complexity index is 655. The highest BCUT2D eigenvalue weighted by Crippen LogP contribution is 2.27. The highest BCUT2D eigenvalue weighted by molar-refractivity contribution is 5.67. The van der Waals surface area contributed by atoms with Crippen molar-refractivity contribution in [2.24, 2.45) is 0 Å². The summed E-state index contributed by atoms with van der Waals surface area (Å²) in [6.07, 6.45) is -2.51. The number of carbonyl (C=O) groups is 1. The molecule has 1 heterocycles. The first-order valence-corrected chi connectivity index (χ1v) is 6.85. The Morgan fingerprint density at radius 2 is 2.00 bits per heavy atom. The topological polar surface area (TPSA) is 58.4 Å². The minimum Gasteiger partial charge on any atom is -0.481 e. The molecule has 0 aliphatic carbocycles. The molecule has 2 aromatic rings. The third kappa shape index (κ3) is 4.56. The Morgan fingerprint density at radius 3 is 2.57 bits per heavy atom. The predicted octanol–water partition coefficient (Wildman–Crippen LogP) is 2.71. The van der Waals surface area contributed by atoms with E-state index in [1.54, 1.807) is 10.9 Å². The number of benzene rings is 1. The molecule has 1 unspecified atom stereocenters. The lowest BCUT2D eigenvalue weighted by atomic mass is 10.1. The van der Waals surface area contributed by atoms with Gasteiger partial charge in [-0.1, -0.05) is 18.2 Å². The zero-order valence-electron chi connectivity index (χ0n) is 12.4. The fourth-order valence-electron chi connectivity index (χ4n) is 2.25. The molecule has 0 radical (unpaired) electrons. The number of nitrogens with zero attached hydrogens (tertiary/aromatic N) is 3. The van der Waals surface area contributed by atoms with Crippen molar-refractivity contribution in [1.29, 1.82) is 0 Å². The summed E-state index contributed by atoms with van der Waals surface area (Å²) >= 11 is 0. The van der Waals surface area contributed by atoms with Crippen molar-refractivity contribution >= 4 is 5.97 Å². The summed E-state index contributed by atoms with van der Waals surface area (Å²) in [7, 11) is 1.25. The van der Waals surface area contributed by atoms with Crippen LogP contribution < -0.4 is 0 Å². The SMILES string of the molecule is CN(Cc1cnn(-c2ccccc2)c1)C(CC(=O)O)C(F)(F)F. The van der Waals surface area contributed by atoms with Gasteiger partial charge in [0.15, 0.2) is 0 Å². The molecule has 0 aliphatic heterocycles. The number of hydrogen-bond acceptors (Lipinski definition) is 3. The van der Waals surface area contributed by atoms with Gasteiger partial charge in [0.2, 0.25) is 0 Å². The first-order chi connectivity index (χ1) is 10.8. The lowest BCUT2D eigenvalue weighted by Crippen LogP contribution is -2.44. The van der Waals surface area contributed by atoms with Gasteiger partial charge in [-0.05, 0) is 19.2 Å². The largest absolute Gasteiger partial charge is 0.481 e. The molecule has 5 nitrogen and oxygen atoms in total. The van der Waals surface area contributed by atoms with E-state index in [9.17, 15) is 18.0 Å². The molecule has 8 heteroatoms. The third-order valence-electron chi connectivity index (χ3n) is 3.37. The molecule has 0 aliphatic rings. The fourth-order valence-corrected chi connectivity index (χ4v) is 2.25. The summed E-state index contributed by atoms with van der Waals surface area (Å²) in [5, 5.41) is 12.8. The number of aliphatic carboxylic acids is 1. The van der Waals surface area contributed by atoms with E-state index < -0.39 is 24.6 Å². The Labute approximate surface area is 130 Å². The predicted molar refractivity (Wildman–Crippen MR) is 77.1 cm³/mol. The van der Waals surface area contributed by atoms with Gasteiger partial charge >= 0.3 is 12.1 Å². The number of carboxylic acids is 1. The van der Waals surface area contributed by atoms with Gasteiger partial charge in [-0.3, -0.25) is 9.69 Å². The normalized spacial score (nSPS) is 13.3. The molecule has 0 saturated carbocycles. The maximum Gasteiger partial charge on any atom is 0.404 e. The molecule has 23 heavy (non-hydrogen) atoms. The van der Waals surface area contributed by atoms with E-state index >= 15 is 0 Å². The summed E-state index contributed by atoms with van der Waals surface area (Å²) < 4.78 is 40.5. The van der Waals surface area contributed by atoms with Crippen LogP contribution in [0.5, 0.6) is 0 Å². The van der Waals surface area contributed by atoms with Crippen LogP contribution in [0.1, 0.15) is 12.0 Å². The molecular weight excluding hydrogens is 311 g/mol. The maximum atomic E-state index is 13.0. The molecule has 1 atom stereocenters. The lowest BCUT2D eigenvalue weighted by molar-refractivity contribution is -0.188. The molecule has 1 aromatic carbocycles. The second-order valence-corrected chi connectivity index (χ2v) is 5.20. The van der Waals surface area contributed by atoms with Crippen LogP contribution in [0.3, 0.4) is 0 Å². The monoisotopic (exact) mass is 327 g/mol. The highest BCUT2D eigenvalue weighted by Gasteiger charge is 2.43. The summed E-state index contributed by atoms with van der Waals surface area (Å²) in [5.41, 5.74) is 1.36. The minimum atomic E-state index is -4.61. The van der Waals surface area contributed by atoms with Gasteiger partial charge in [-0.25, -0.2) is 4.68 Å². The van der Waals surface area contributed by atoms with Gasteiger partial charge in [0, 0.05) is 18.3 Å². The molecule has 1 N–H and O–H groups in total. The van der Waals surface area contributed by atoms with E-state index in [0.29, 0.717) is 5.56 Å². The summed E-state index contributed by atoms with van der Waals surface area (Å²) in [5.74, 6) is -1.49. The van der Waals surface area contributed by atoms with Gasteiger partial charge in [0.1, 0.15) is 6.04 Å². The summed E-state index contributed by atoms with van der Waals surface area (Å²) in [4.78, 5) is 11.6. The Hall–Kier alpha value is -2.35. The van der Waals surface area contributed by atoms with Crippen molar-refractivity contribution in [1.82, 2.24) is 14.7 Å².